The molecule has 1 aromatic carbocycles. The van der Waals surface area contributed by atoms with Gasteiger partial charge in [-0.25, -0.2) is 4.98 Å². The van der Waals surface area contributed by atoms with E-state index in [1.165, 1.54) is 0 Å². The van der Waals surface area contributed by atoms with E-state index in [0.29, 0.717) is 17.2 Å². The number of amides is 1. The summed E-state index contributed by atoms with van der Waals surface area (Å²) >= 11 is 0. The largest absolute Gasteiger partial charge is 0.497 e. The van der Waals surface area contributed by atoms with Gasteiger partial charge >= 0.3 is 0 Å². The van der Waals surface area contributed by atoms with Crippen LogP contribution in [0.15, 0.2) is 42.6 Å². The second-order valence-corrected chi connectivity index (χ2v) is 6.47. The molecule has 1 aromatic heterocycles. The fourth-order valence-electron chi connectivity index (χ4n) is 3.05. The Morgan fingerprint density at radius 3 is 2.64 bits per heavy atom. The summed E-state index contributed by atoms with van der Waals surface area (Å²) in [5.41, 5.74) is 1.75. The Balaban J connectivity index is 1.48. The Morgan fingerprint density at radius 2 is 1.96 bits per heavy atom. The van der Waals surface area contributed by atoms with Gasteiger partial charge in [-0.1, -0.05) is 12.1 Å². The maximum atomic E-state index is 12.4. The summed E-state index contributed by atoms with van der Waals surface area (Å²) in [5.74, 6) is 1.31. The van der Waals surface area contributed by atoms with Crippen LogP contribution in [0.4, 0.5) is 0 Å². The minimum atomic E-state index is -0.0523. The summed E-state index contributed by atoms with van der Waals surface area (Å²) in [6.07, 6.45) is 5.63. The number of aryl methyl sites for hydroxylation is 1. The maximum Gasteiger partial charge on any atom is 0.251 e. The van der Waals surface area contributed by atoms with Crippen molar-refractivity contribution in [2.45, 2.75) is 44.8 Å². The van der Waals surface area contributed by atoms with Gasteiger partial charge in [0.1, 0.15) is 11.9 Å². The van der Waals surface area contributed by atoms with Crippen LogP contribution in [0, 0.1) is 6.92 Å². The summed E-state index contributed by atoms with van der Waals surface area (Å²) in [5, 5.41) is 3.11. The predicted molar refractivity (Wildman–Crippen MR) is 96.1 cm³/mol. The van der Waals surface area contributed by atoms with Crippen molar-refractivity contribution >= 4 is 5.91 Å². The number of rotatable bonds is 5. The molecule has 0 spiro atoms. The van der Waals surface area contributed by atoms with Gasteiger partial charge in [-0.15, -0.1) is 0 Å². The number of nitrogens with zero attached hydrogens (tertiary/aromatic N) is 1. The van der Waals surface area contributed by atoms with Gasteiger partial charge < -0.3 is 14.8 Å². The zero-order valence-corrected chi connectivity index (χ0v) is 14.7. The van der Waals surface area contributed by atoms with Crippen molar-refractivity contribution in [2.75, 3.05) is 7.11 Å². The smallest absolute Gasteiger partial charge is 0.251 e. The van der Waals surface area contributed by atoms with Crippen molar-refractivity contribution in [3.63, 3.8) is 0 Å². The summed E-state index contributed by atoms with van der Waals surface area (Å²) in [4.78, 5) is 16.7. The molecule has 1 heterocycles. The zero-order chi connectivity index (χ0) is 17.6. The van der Waals surface area contributed by atoms with E-state index in [2.05, 4.69) is 10.3 Å². The topological polar surface area (TPSA) is 60.5 Å². The number of ether oxygens (including phenoxy) is 2. The molecule has 0 radical (unpaired) electrons. The molecule has 1 saturated carbocycles. The Bertz CT molecular complexity index is 707. The monoisotopic (exact) mass is 340 g/mol. The van der Waals surface area contributed by atoms with Crippen molar-refractivity contribution in [1.29, 1.82) is 0 Å². The number of carbonyl (C=O) groups excluding carboxylic acids is 1. The normalized spacial score (nSPS) is 19.9. The first kappa shape index (κ1) is 17.3. The van der Waals surface area contributed by atoms with Gasteiger partial charge in [0.05, 0.1) is 7.11 Å². The first-order valence-electron chi connectivity index (χ1n) is 8.68. The SMILES string of the molecule is COc1cccc(C(=O)NC2CCC(Oc3ccc(C)cn3)CC2)c1. The average molecular weight is 340 g/mol. The van der Waals surface area contributed by atoms with E-state index in [0.717, 1.165) is 31.2 Å². The number of benzene rings is 1. The molecule has 0 bridgehead atoms. The van der Waals surface area contributed by atoms with Crippen molar-refractivity contribution in [1.82, 2.24) is 10.3 Å². The van der Waals surface area contributed by atoms with E-state index in [9.17, 15) is 4.79 Å². The van der Waals surface area contributed by atoms with Crippen LogP contribution < -0.4 is 14.8 Å². The standard InChI is InChI=1S/C20H24N2O3/c1-14-6-11-19(21-13-14)25-17-9-7-16(8-10-17)22-20(23)15-4-3-5-18(12-15)24-2/h3-6,11-13,16-17H,7-10H2,1-2H3,(H,22,23). The molecule has 25 heavy (non-hydrogen) atoms. The second-order valence-electron chi connectivity index (χ2n) is 6.47. The summed E-state index contributed by atoms with van der Waals surface area (Å²) in [6.45, 7) is 2.01. The van der Waals surface area contributed by atoms with Crippen LogP contribution in [0.3, 0.4) is 0 Å². The number of hydrogen-bond acceptors (Lipinski definition) is 4. The highest BCUT2D eigenvalue weighted by atomic mass is 16.5. The molecular formula is C20H24N2O3. The van der Waals surface area contributed by atoms with E-state index < -0.39 is 0 Å². The molecule has 0 atom stereocenters. The minimum Gasteiger partial charge on any atom is -0.497 e. The molecule has 1 fully saturated rings. The number of aromatic nitrogens is 1. The molecule has 1 N–H and O–H groups in total. The highest BCUT2D eigenvalue weighted by molar-refractivity contribution is 5.94. The van der Waals surface area contributed by atoms with Crippen LogP contribution in [0.2, 0.25) is 0 Å². The van der Waals surface area contributed by atoms with Crippen molar-refractivity contribution in [2.24, 2.45) is 0 Å². The highest BCUT2D eigenvalue weighted by Gasteiger charge is 2.24. The molecule has 2 aromatic rings. The van der Waals surface area contributed by atoms with E-state index in [1.54, 1.807) is 19.2 Å². The Kier molecular flexibility index (Phi) is 5.53. The van der Waals surface area contributed by atoms with Gasteiger partial charge in [-0.2, -0.15) is 0 Å². The van der Waals surface area contributed by atoms with E-state index in [4.69, 9.17) is 9.47 Å². The highest BCUT2D eigenvalue weighted by Crippen LogP contribution is 2.23. The molecule has 0 aliphatic heterocycles. The summed E-state index contributed by atoms with van der Waals surface area (Å²) in [6, 6.07) is 11.3. The van der Waals surface area contributed by atoms with Crippen LogP contribution in [-0.2, 0) is 0 Å². The van der Waals surface area contributed by atoms with Crippen LogP contribution in [0.5, 0.6) is 11.6 Å². The predicted octanol–water partition coefficient (Wildman–Crippen LogP) is 3.52. The number of methoxy groups -OCH3 is 1. The lowest BCUT2D eigenvalue weighted by Gasteiger charge is -2.29. The quantitative estimate of drug-likeness (QED) is 0.905. The fraction of sp³-hybridized carbons (Fsp3) is 0.400. The lowest BCUT2D eigenvalue weighted by atomic mass is 9.92. The molecule has 5 heteroatoms. The number of nitrogens with one attached hydrogen (secondary N) is 1. The molecular weight excluding hydrogens is 316 g/mol. The van der Waals surface area contributed by atoms with Crippen molar-refractivity contribution in [3.8, 4) is 11.6 Å². The third-order valence-corrected chi connectivity index (χ3v) is 4.51. The summed E-state index contributed by atoms with van der Waals surface area (Å²) in [7, 11) is 1.60. The zero-order valence-electron chi connectivity index (χ0n) is 14.7. The first-order chi connectivity index (χ1) is 12.1. The van der Waals surface area contributed by atoms with E-state index >= 15 is 0 Å². The van der Waals surface area contributed by atoms with E-state index in [1.807, 2.05) is 37.4 Å². The van der Waals surface area contributed by atoms with Crippen molar-refractivity contribution < 1.29 is 14.3 Å². The number of carbonyl (C=O) groups is 1. The van der Waals surface area contributed by atoms with Crippen LogP contribution in [0.25, 0.3) is 0 Å². The van der Waals surface area contributed by atoms with Gasteiger partial charge in [0.25, 0.3) is 5.91 Å². The maximum absolute atomic E-state index is 12.4. The molecule has 3 rings (SSSR count). The molecule has 1 amide bonds. The Morgan fingerprint density at radius 1 is 1.16 bits per heavy atom. The lowest BCUT2D eigenvalue weighted by Crippen LogP contribution is -2.39. The van der Waals surface area contributed by atoms with Crippen LogP contribution >= 0.6 is 0 Å². The van der Waals surface area contributed by atoms with Gasteiger partial charge in [0, 0.05) is 23.9 Å². The van der Waals surface area contributed by atoms with E-state index in [-0.39, 0.29) is 18.1 Å². The van der Waals surface area contributed by atoms with Gasteiger partial charge in [0.2, 0.25) is 5.88 Å². The third-order valence-electron chi connectivity index (χ3n) is 4.51. The Labute approximate surface area is 148 Å². The van der Waals surface area contributed by atoms with Crippen LogP contribution in [-0.4, -0.2) is 30.1 Å². The fourth-order valence-corrected chi connectivity index (χ4v) is 3.05. The molecule has 1 aliphatic rings. The first-order valence-corrected chi connectivity index (χ1v) is 8.68. The molecule has 1 aliphatic carbocycles. The minimum absolute atomic E-state index is 0.0523. The third kappa shape index (κ3) is 4.72. The molecule has 0 saturated heterocycles. The molecule has 5 nitrogen and oxygen atoms in total. The summed E-state index contributed by atoms with van der Waals surface area (Å²) < 4.78 is 11.1. The van der Waals surface area contributed by atoms with Gasteiger partial charge in [-0.05, 0) is 56.4 Å². The second kappa shape index (κ2) is 8.01. The lowest BCUT2D eigenvalue weighted by molar-refractivity contribution is 0.0890. The Hall–Kier alpha value is -2.56. The van der Waals surface area contributed by atoms with Gasteiger partial charge in [-0.3, -0.25) is 4.79 Å². The molecule has 0 unspecified atom stereocenters. The average Bonchev–Trinajstić information content (AvgIpc) is 2.65. The van der Waals surface area contributed by atoms with Crippen LogP contribution in [0.1, 0.15) is 41.6 Å². The van der Waals surface area contributed by atoms with Gasteiger partial charge in [0.15, 0.2) is 0 Å². The molecule has 132 valence electrons. The van der Waals surface area contributed by atoms with Crippen molar-refractivity contribution in [3.05, 3.63) is 53.7 Å². The number of pyridine rings is 1. The number of hydrogen-bond donors (Lipinski definition) is 1.